The molecule has 0 radical (unpaired) electrons. The second-order valence-electron chi connectivity index (χ2n) is 7.78. The predicted octanol–water partition coefficient (Wildman–Crippen LogP) is 1.20. The number of nitrogens with one attached hydrogen (secondary N) is 1. The van der Waals surface area contributed by atoms with E-state index in [0.717, 1.165) is 69.0 Å². The minimum atomic E-state index is -0.191. The van der Waals surface area contributed by atoms with E-state index in [1.54, 1.807) is 11.3 Å². The van der Waals surface area contributed by atoms with Crippen LogP contribution in [0.4, 0.5) is 5.82 Å². The van der Waals surface area contributed by atoms with Crippen molar-refractivity contribution in [3.8, 4) is 0 Å². The molecule has 2 aliphatic rings. The highest BCUT2D eigenvalue weighted by Gasteiger charge is 2.22. The van der Waals surface area contributed by atoms with Gasteiger partial charge >= 0.3 is 0 Å². The van der Waals surface area contributed by atoms with Gasteiger partial charge in [-0.1, -0.05) is 0 Å². The number of nitrogens with zero attached hydrogens (tertiary/aromatic N) is 5. The largest absolute Gasteiger partial charge is 0.378 e. The normalized spacial score (nSPS) is 19.0. The third-order valence-electron chi connectivity index (χ3n) is 5.66. The fourth-order valence-electron chi connectivity index (χ4n) is 3.85. The van der Waals surface area contributed by atoms with Crippen LogP contribution in [0.3, 0.4) is 0 Å². The average Bonchev–Trinajstić information content (AvgIpc) is 3.13. The third-order valence-corrected chi connectivity index (χ3v) is 6.56. The first-order chi connectivity index (χ1) is 14.1. The van der Waals surface area contributed by atoms with Gasteiger partial charge in [0.05, 0.1) is 24.1 Å². The van der Waals surface area contributed by atoms with E-state index in [9.17, 15) is 4.79 Å². The molecular weight excluding hydrogens is 388 g/mol. The van der Waals surface area contributed by atoms with Crippen LogP contribution in [-0.4, -0.2) is 98.3 Å². The number of hydrogen-bond donors (Lipinski definition) is 1. The van der Waals surface area contributed by atoms with Crippen LogP contribution in [0.2, 0.25) is 0 Å². The number of hydrogen-bond acceptors (Lipinski definition) is 8. The second kappa shape index (κ2) is 9.34. The van der Waals surface area contributed by atoms with Gasteiger partial charge in [0.25, 0.3) is 5.91 Å². The highest BCUT2D eigenvalue weighted by atomic mass is 32.1. The number of amides is 1. The molecule has 0 atom stereocenters. The minimum absolute atomic E-state index is 0.191. The molecule has 4 heterocycles. The van der Waals surface area contributed by atoms with Gasteiger partial charge in [-0.15, -0.1) is 11.3 Å². The molecule has 1 N–H and O–H groups in total. The van der Waals surface area contributed by atoms with Crippen LogP contribution in [0.5, 0.6) is 0 Å². The zero-order valence-electron chi connectivity index (χ0n) is 17.3. The number of aromatic nitrogens is 2. The van der Waals surface area contributed by atoms with Crippen molar-refractivity contribution in [3.05, 3.63) is 16.1 Å². The lowest BCUT2D eigenvalue weighted by Gasteiger charge is -2.32. The predicted molar refractivity (Wildman–Crippen MR) is 116 cm³/mol. The van der Waals surface area contributed by atoms with Crippen molar-refractivity contribution in [1.82, 2.24) is 25.1 Å². The lowest BCUT2D eigenvalue weighted by Crippen LogP contribution is -2.45. The first-order valence-corrected chi connectivity index (χ1v) is 11.3. The SMILES string of the molecule is Cc1scc2nc(C(=O)NCCCN3CCN(C)CC3)nc(N3CCOCC3)c12. The number of morpholine rings is 1. The Morgan fingerprint density at radius 1 is 1.17 bits per heavy atom. The monoisotopic (exact) mass is 418 g/mol. The van der Waals surface area contributed by atoms with Crippen LogP contribution in [0.15, 0.2) is 5.38 Å². The Balaban J connectivity index is 1.39. The molecule has 2 fully saturated rings. The van der Waals surface area contributed by atoms with Crippen molar-refractivity contribution in [1.29, 1.82) is 0 Å². The molecule has 2 aromatic rings. The zero-order chi connectivity index (χ0) is 20.2. The number of anilines is 1. The van der Waals surface area contributed by atoms with Gasteiger partial charge in [0.15, 0.2) is 0 Å². The number of fused-ring (bicyclic) bond motifs is 1. The Kier molecular flexibility index (Phi) is 6.59. The van der Waals surface area contributed by atoms with Crippen molar-refractivity contribution >= 4 is 34.0 Å². The van der Waals surface area contributed by atoms with Crippen molar-refractivity contribution in [2.75, 3.05) is 77.5 Å². The molecule has 0 bridgehead atoms. The van der Waals surface area contributed by atoms with Crippen LogP contribution in [-0.2, 0) is 4.74 Å². The molecule has 9 heteroatoms. The van der Waals surface area contributed by atoms with Gasteiger partial charge in [-0.05, 0) is 26.9 Å². The molecule has 1 amide bonds. The van der Waals surface area contributed by atoms with Crippen LogP contribution in [0.1, 0.15) is 21.9 Å². The molecule has 0 aromatic carbocycles. The Morgan fingerprint density at radius 3 is 2.69 bits per heavy atom. The summed E-state index contributed by atoms with van der Waals surface area (Å²) in [7, 11) is 2.16. The summed E-state index contributed by atoms with van der Waals surface area (Å²) in [6.45, 7) is 11.1. The van der Waals surface area contributed by atoms with Crippen LogP contribution < -0.4 is 10.2 Å². The first-order valence-electron chi connectivity index (χ1n) is 10.4. The van der Waals surface area contributed by atoms with Crippen molar-refractivity contribution in [2.45, 2.75) is 13.3 Å². The van der Waals surface area contributed by atoms with E-state index in [0.29, 0.717) is 19.8 Å². The van der Waals surface area contributed by atoms with Gasteiger partial charge in [0, 0.05) is 56.1 Å². The smallest absolute Gasteiger partial charge is 0.289 e. The summed E-state index contributed by atoms with van der Waals surface area (Å²) in [6, 6.07) is 0. The van der Waals surface area contributed by atoms with E-state index in [1.165, 1.54) is 4.88 Å². The lowest BCUT2D eigenvalue weighted by molar-refractivity contribution is 0.0939. The Bertz CT molecular complexity index is 843. The van der Waals surface area contributed by atoms with E-state index < -0.39 is 0 Å². The molecule has 0 saturated carbocycles. The van der Waals surface area contributed by atoms with Crippen LogP contribution in [0, 0.1) is 6.92 Å². The van der Waals surface area contributed by atoms with Gasteiger partial charge < -0.3 is 24.8 Å². The van der Waals surface area contributed by atoms with Crippen molar-refractivity contribution in [2.24, 2.45) is 0 Å². The van der Waals surface area contributed by atoms with Gasteiger partial charge in [-0.3, -0.25) is 4.79 Å². The Labute approximate surface area is 175 Å². The lowest BCUT2D eigenvalue weighted by atomic mass is 10.2. The second-order valence-corrected chi connectivity index (χ2v) is 8.86. The van der Waals surface area contributed by atoms with Gasteiger partial charge in [0.2, 0.25) is 5.82 Å². The standard InChI is InChI=1S/C20H30N6O2S/c1-15-17-16(14-29-15)22-18(23-19(17)26-10-12-28-13-11-26)20(27)21-4-3-5-25-8-6-24(2)7-9-25/h14H,3-13H2,1-2H3,(H,21,27). The molecule has 2 saturated heterocycles. The quantitative estimate of drug-likeness (QED) is 0.707. The third kappa shape index (κ3) is 4.85. The maximum absolute atomic E-state index is 12.7. The summed E-state index contributed by atoms with van der Waals surface area (Å²) in [5, 5.41) is 6.08. The summed E-state index contributed by atoms with van der Waals surface area (Å²) in [5.74, 6) is 0.930. The summed E-state index contributed by atoms with van der Waals surface area (Å²) in [5.41, 5.74) is 0.853. The fourth-order valence-corrected chi connectivity index (χ4v) is 4.63. The van der Waals surface area contributed by atoms with Crippen LogP contribution in [0.25, 0.3) is 10.9 Å². The number of carbonyl (C=O) groups excluding carboxylic acids is 1. The average molecular weight is 419 g/mol. The first kappa shape index (κ1) is 20.5. The molecule has 29 heavy (non-hydrogen) atoms. The number of piperazine rings is 1. The summed E-state index contributed by atoms with van der Waals surface area (Å²) >= 11 is 1.65. The molecule has 4 rings (SSSR count). The highest BCUT2D eigenvalue weighted by molar-refractivity contribution is 7.11. The maximum atomic E-state index is 12.7. The number of thiophene rings is 1. The van der Waals surface area contributed by atoms with Crippen LogP contribution >= 0.6 is 11.3 Å². The summed E-state index contributed by atoms with van der Waals surface area (Å²) in [4.78, 5) is 30.1. The summed E-state index contributed by atoms with van der Waals surface area (Å²) < 4.78 is 5.48. The number of ether oxygens (including phenoxy) is 1. The van der Waals surface area contributed by atoms with Gasteiger partial charge in [-0.25, -0.2) is 9.97 Å². The molecule has 0 unspecified atom stereocenters. The topological polar surface area (TPSA) is 73.8 Å². The molecule has 0 aliphatic carbocycles. The Hall–Kier alpha value is -1.81. The van der Waals surface area contributed by atoms with Crippen molar-refractivity contribution < 1.29 is 9.53 Å². The van der Waals surface area contributed by atoms with E-state index >= 15 is 0 Å². The minimum Gasteiger partial charge on any atom is -0.378 e. The molecule has 8 nitrogen and oxygen atoms in total. The molecule has 2 aliphatic heterocycles. The van der Waals surface area contributed by atoms with E-state index in [-0.39, 0.29) is 11.7 Å². The summed E-state index contributed by atoms with van der Waals surface area (Å²) in [6.07, 6.45) is 0.936. The number of aryl methyl sites for hydroxylation is 1. The van der Waals surface area contributed by atoms with Gasteiger partial charge in [-0.2, -0.15) is 0 Å². The maximum Gasteiger partial charge on any atom is 0.289 e. The molecule has 0 spiro atoms. The van der Waals surface area contributed by atoms with Gasteiger partial charge in [0.1, 0.15) is 5.82 Å². The highest BCUT2D eigenvalue weighted by Crippen LogP contribution is 2.31. The zero-order valence-corrected chi connectivity index (χ0v) is 18.1. The molecule has 2 aromatic heterocycles. The van der Waals surface area contributed by atoms with E-state index in [2.05, 4.69) is 44.0 Å². The molecular formula is C20H30N6O2S. The number of carbonyl (C=O) groups is 1. The number of likely N-dealkylation sites (N-methyl/N-ethyl adjacent to an activating group) is 1. The van der Waals surface area contributed by atoms with E-state index in [1.807, 2.05) is 5.38 Å². The van der Waals surface area contributed by atoms with E-state index in [4.69, 9.17) is 4.74 Å². The Morgan fingerprint density at radius 2 is 1.93 bits per heavy atom. The fraction of sp³-hybridized carbons (Fsp3) is 0.650. The van der Waals surface area contributed by atoms with Crippen molar-refractivity contribution in [3.63, 3.8) is 0 Å². The molecule has 158 valence electrons. The number of rotatable bonds is 6.